The van der Waals surface area contributed by atoms with Crippen LogP contribution >= 0.6 is 0 Å². The molecule has 0 aliphatic carbocycles. The zero-order valence-corrected chi connectivity index (χ0v) is 24.4. The maximum Gasteiger partial charge on any atom is 0.344 e. The molecule has 0 saturated heterocycles. The molecule has 1 atom stereocenters. The third kappa shape index (κ3) is 6.31. The van der Waals surface area contributed by atoms with Gasteiger partial charge in [-0.05, 0) is 79.2 Å². The van der Waals surface area contributed by atoms with Crippen LogP contribution in [0.2, 0.25) is 0 Å². The lowest BCUT2D eigenvalue weighted by Gasteiger charge is -2.30. The number of fused-ring (bicyclic) bond motifs is 2. The fourth-order valence-electron chi connectivity index (χ4n) is 5.10. The third-order valence-corrected chi connectivity index (χ3v) is 9.09. The first-order valence-electron chi connectivity index (χ1n) is 13.8. The molecule has 5 rings (SSSR count). The number of sulfone groups is 1. The van der Waals surface area contributed by atoms with Crippen molar-refractivity contribution in [2.45, 2.75) is 30.0 Å². The van der Waals surface area contributed by atoms with E-state index in [0.717, 1.165) is 10.9 Å². The minimum atomic E-state index is -4.22. The minimum Gasteiger partial charge on any atom is -0.484 e. The summed E-state index contributed by atoms with van der Waals surface area (Å²) in [4.78, 5) is 27.8. The first-order chi connectivity index (χ1) is 20.7. The van der Waals surface area contributed by atoms with E-state index in [1.165, 1.54) is 6.07 Å². The van der Waals surface area contributed by atoms with Crippen molar-refractivity contribution in [3.63, 3.8) is 0 Å². The Hall–Kier alpha value is -4.90. The van der Waals surface area contributed by atoms with Gasteiger partial charge in [-0.15, -0.1) is 0 Å². The van der Waals surface area contributed by atoms with Crippen LogP contribution in [0.3, 0.4) is 0 Å². The molecule has 10 nitrogen and oxygen atoms in total. The van der Waals surface area contributed by atoms with Gasteiger partial charge in [0.15, 0.2) is 6.61 Å². The number of nitrogens with one attached hydrogen (secondary N) is 2. The topological polar surface area (TPSA) is 152 Å². The number of carbonyl (C=O) groups is 2. The maximum atomic E-state index is 13.9. The van der Waals surface area contributed by atoms with Crippen molar-refractivity contribution in [2.24, 2.45) is 5.73 Å². The fraction of sp³-hybridized carbons (Fsp3) is 0.219. The summed E-state index contributed by atoms with van der Waals surface area (Å²) in [6, 6.07) is 23.8. The number of nitrogen functional groups attached to an aromatic ring is 1. The molecule has 1 amide bonds. The van der Waals surface area contributed by atoms with E-state index in [2.05, 4.69) is 5.32 Å². The average molecular weight is 601 g/mol. The van der Waals surface area contributed by atoms with Gasteiger partial charge in [-0.3, -0.25) is 10.2 Å². The van der Waals surface area contributed by atoms with Crippen molar-refractivity contribution in [2.75, 3.05) is 30.0 Å². The Bertz CT molecular complexity index is 1780. The lowest BCUT2D eigenvalue weighted by atomic mass is 10.0. The largest absolute Gasteiger partial charge is 0.484 e. The van der Waals surface area contributed by atoms with E-state index in [-0.39, 0.29) is 29.9 Å². The standard InChI is InChI=1S/C32H32N4O6S/c1-2-41-32(38)31(43(39,40)28-11-5-8-21-7-3-4-10-26(21)28)35-24-14-17-27-23(19-24)9-6-18-36(27)29(37)20-42-25-15-12-22(13-16-25)30(33)34/h3-5,7-8,10-17,19,31,35H,2,6,9,18,20H2,1H3,(H3,33,34). The number of amidine groups is 1. The van der Waals surface area contributed by atoms with Gasteiger partial charge in [0.25, 0.3) is 5.91 Å². The molecular formula is C32H32N4O6S. The van der Waals surface area contributed by atoms with E-state index in [9.17, 15) is 18.0 Å². The molecule has 1 unspecified atom stereocenters. The van der Waals surface area contributed by atoms with E-state index in [1.807, 2.05) is 18.2 Å². The van der Waals surface area contributed by atoms with Crippen LogP contribution in [0.25, 0.3) is 10.8 Å². The summed E-state index contributed by atoms with van der Waals surface area (Å²) >= 11 is 0. The summed E-state index contributed by atoms with van der Waals surface area (Å²) in [7, 11) is -4.22. The number of esters is 1. The highest BCUT2D eigenvalue weighted by molar-refractivity contribution is 7.93. The summed E-state index contributed by atoms with van der Waals surface area (Å²) in [6.07, 6.45) is 1.37. The molecule has 4 aromatic rings. The molecule has 4 N–H and O–H groups in total. The zero-order chi connectivity index (χ0) is 30.6. The molecule has 0 radical (unpaired) electrons. The predicted molar refractivity (Wildman–Crippen MR) is 165 cm³/mol. The lowest BCUT2D eigenvalue weighted by molar-refractivity contribution is -0.142. The number of nitrogens with zero attached hydrogens (tertiary/aromatic N) is 1. The van der Waals surface area contributed by atoms with Gasteiger partial charge in [0.2, 0.25) is 15.2 Å². The Morgan fingerprint density at radius 2 is 1.77 bits per heavy atom. The second-order valence-electron chi connectivity index (χ2n) is 10.0. The van der Waals surface area contributed by atoms with E-state index >= 15 is 0 Å². The molecule has 1 heterocycles. The monoisotopic (exact) mass is 600 g/mol. The number of rotatable bonds is 10. The Morgan fingerprint density at radius 3 is 2.51 bits per heavy atom. The van der Waals surface area contributed by atoms with Gasteiger partial charge >= 0.3 is 5.97 Å². The number of aryl methyl sites for hydroxylation is 1. The van der Waals surface area contributed by atoms with Gasteiger partial charge in [-0.25, -0.2) is 13.2 Å². The maximum absolute atomic E-state index is 13.9. The first-order valence-corrected chi connectivity index (χ1v) is 15.4. The molecular weight excluding hydrogens is 568 g/mol. The molecule has 0 aromatic heterocycles. The summed E-state index contributed by atoms with van der Waals surface area (Å²) in [5.41, 5.74) is 7.99. The highest BCUT2D eigenvalue weighted by atomic mass is 32.2. The lowest BCUT2D eigenvalue weighted by Crippen LogP contribution is -2.40. The highest BCUT2D eigenvalue weighted by Crippen LogP contribution is 2.32. The summed E-state index contributed by atoms with van der Waals surface area (Å²) < 4.78 is 38.6. The highest BCUT2D eigenvalue weighted by Gasteiger charge is 2.37. The molecule has 4 aromatic carbocycles. The van der Waals surface area contributed by atoms with Gasteiger partial charge < -0.3 is 25.4 Å². The molecule has 0 saturated carbocycles. The van der Waals surface area contributed by atoms with E-state index in [0.29, 0.717) is 47.5 Å². The Kier molecular flexibility index (Phi) is 8.63. The predicted octanol–water partition coefficient (Wildman–Crippen LogP) is 4.26. The van der Waals surface area contributed by atoms with Crippen LogP contribution in [0.15, 0.2) is 89.8 Å². The van der Waals surface area contributed by atoms with Gasteiger partial charge in [-0.1, -0.05) is 36.4 Å². The smallest absolute Gasteiger partial charge is 0.344 e. The van der Waals surface area contributed by atoms with Crippen LogP contribution in [0.1, 0.15) is 24.5 Å². The quantitative estimate of drug-likeness (QED) is 0.139. The van der Waals surface area contributed by atoms with Crippen LogP contribution < -0.4 is 20.7 Å². The second-order valence-corrected chi connectivity index (χ2v) is 12.0. The van der Waals surface area contributed by atoms with Crippen molar-refractivity contribution >= 4 is 49.7 Å². The normalized spacial score (nSPS) is 13.6. The number of nitrogens with two attached hydrogens (primary N) is 1. The Morgan fingerprint density at radius 1 is 1.02 bits per heavy atom. The third-order valence-electron chi connectivity index (χ3n) is 7.19. The van der Waals surface area contributed by atoms with Crippen LogP contribution in [-0.4, -0.2) is 51.3 Å². The van der Waals surface area contributed by atoms with Crippen LogP contribution in [0, 0.1) is 5.41 Å². The van der Waals surface area contributed by atoms with Crippen molar-refractivity contribution in [3.8, 4) is 5.75 Å². The molecule has 222 valence electrons. The summed E-state index contributed by atoms with van der Waals surface area (Å²) in [5.74, 6) is -0.715. The van der Waals surface area contributed by atoms with Crippen LogP contribution in [0.5, 0.6) is 5.75 Å². The minimum absolute atomic E-state index is 0.0201. The van der Waals surface area contributed by atoms with E-state index in [4.69, 9.17) is 20.6 Å². The molecule has 0 bridgehead atoms. The van der Waals surface area contributed by atoms with Gasteiger partial charge in [0.1, 0.15) is 11.6 Å². The molecule has 1 aliphatic heterocycles. The van der Waals surface area contributed by atoms with E-state index in [1.54, 1.807) is 72.5 Å². The first kappa shape index (κ1) is 29.6. The van der Waals surface area contributed by atoms with Crippen molar-refractivity contribution < 1.29 is 27.5 Å². The molecule has 0 fully saturated rings. The van der Waals surface area contributed by atoms with Crippen molar-refractivity contribution in [1.29, 1.82) is 5.41 Å². The number of hydrogen-bond donors (Lipinski definition) is 3. The average Bonchev–Trinajstić information content (AvgIpc) is 3.01. The molecule has 0 spiro atoms. The Labute approximate surface area is 249 Å². The molecule has 1 aliphatic rings. The SMILES string of the molecule is CCOC(=O)C(Nc1ccc2c(c1)CCCN2C(=O)COc1ccc(C(=N)N)cc1)S(=O)(=O)c1cccc2ccccc12. The number of anilines is 2. The second kappa shape index (κ2) is 12.5. The number of hydrogen-bond acceptors (Lipinski definition) is 8. The summed E-state index contributed by atoms with van der Waals surface area (Å²) in [6.45, 7) is 1.96. The zero-order valence-electron chi connectivity index (χ0n) is 23.6. The van der Waals surface area contributed by atoms with Crippen LogP contribution in [-0.2, 0) is 30.6 Å². The summed E-state index contributed by atoms with van der Waals surface area (Å²) in [5, 5.41) is 9.96. The number of ether oxygens (including phenoxy) is 2. The molecule has 11 heteroatoms. The van der Waals surface area contributed by atoms with E-state index < -0.39 is 21.2 Å². The van der Waals surface area contributed by atoms with Crippen molar-refractivity contribution in [3.05, 3.63) is 96.1 Å². The van der Waals surface area contributed by atoms with Gasteiger partial charge in [0, 0.05) is 28.9 Å². The van der Waals surface area contributed by atoms with Crippen LogP contribution in [0.4, 0.5) is 11.4 Å². The van der Waals surface area contributed by atoms with Crippen molar-refractivity contribution in [1.82, 2.24) is 0 Å². The number of amides is 1. The number of carbonyl (C=O) groups excluding carboxylic acids is 2. The Balaban J connectivity index is 1.37. The molecule has 43 heavy (non-hydrogen) atoms. The number of benzene rings is 4. The fourth-order valence-corrected chi connectivity index (χ4v) is 6.73. The van der Waals surface area contributed by atoms with Gasteiger partial charge in [-0.2, -0.15) is 0 Å². The van der Waals surface area contributed by atoms with Gasteiger partial charge in [0.05, 0.1) is 11.5 Å².